The third-order valence-electron chi connectivity index (χ3n) is 6.95. The summed E-state index contributed by atoms with van der Waals surface area (Å²) in [6.07, 6.45) is 10.3. The van der Waals surface area contributed by atoms with Crippen molar-refractivity contribution in [3.05, 3.63) is 90.3 Å². The van der Waals surface area contributed by atoms with Gasteiger partial charge in [0.2, 0.25) is 0 Å². The van der Waals surface area contributed by atoms with Crippen molar-refractivity contribution in [2.75, 3.05) is 25.4 Å². The fourth-order valence-electron chi connectivity index (χ4n) is 4.92. The number of nitrogen functional groups attached to an aromatic ring is 1. The molecule has 0 spiro atoms. The SMILES string of the molecule is Cc1ncc(COc2cc(F)cc(Oc3ccc(-c4nc(CCN5CCCC5)n5ccnc(N)c45)cc3)c2)cn1. The minimum absolute atomic E-state index is 0.217. The molecule has 0 unspecified atom stereocenters. The van der Waals surface area contributed by atoms with Crippen LogP contribution in [0.1, 0.15) is 30.1 Å². The van der Waals surface area contributed by atoms with Crippen LogP contribution in [0, 0.1) is 12.7 Å². The third-order valence-corrected chi connectivity index (χ3v) is 6.95. The lowest BCUT2D eigenvalue weighted by Crippen LogP contribution is -2.22. The topological polar surface area (TPSA) is 104 Å². The van der Waals surface area contributed by atoms with Crippen LogP contribution in [0.25, 0.3) is 16.8 Å². The molecule has 0 atom stereocenters. The number of imidazole rings is 1. The second kappa shape index (κ2) is 11.3. The maximum absolute atomic E-state index is 14.3. The molecule has 0 radical (unpaired) electrons. The molecule has 9 nitrogen and oxygen atoms in total. The zero-order chi connectivity index (χ0) is 27.5. The average Bonchev–Trinajstić information content (AvgIpc) is 3.61. The zero-order valence-electron chi connectivity index (χ0n) is 22.3. The molecule has 1 fully saturated rings. The summed E-state index contributed by atoms with van der Waals surface area (Å²) in [5, 5.41) is 0. The highest BCUT2D eigenvalue weighted by molar-refractivity contribution is 5.85. The van der Waals surface area contributed by atoms with Crippen LogP contribution in [0.3, 0.4) is 0 Å². The number of aromatic nitrogens is 5. The van der Waals surface area contributed by atoms with Gasteiger partial charge in [-0.15, -0.1) is 0 Å². The Labute approximate surface area is 231 Å². The predicted molar refractivity (Wildman–Crippen MR) is 150 cm³/mol. The van der Waals surface area contributed by atoms with Gasteiger partial charge in [0.05, 0.1) is 0 Å². The Bertz CT molecular complexity index is 1610. The molecule has 1 saturated heterocycles. The van der Waals surface area contributed by atoms with Gasteiger partial charge in [0.25, 0.3) is 0 Å². The van der Waals surface area contributed by atoms with Gasteiger partial charge in [0.1, 0.15) is 58.3 Å². The number of nitrogens with two attached hydrogens (primary N) is 1. The first kappa shape index (κ1) is 25.7. The number of benzene rings is 2. The van der Waals surface area contributed by atoms with E-state index in [1.54, 1.807) is 24.7 Å². The fraction of sp³-hybridized carbons (Fsp3) is 0.267. The van der Waals surface area contributed by atoms with Crippen LogP contribution in [0.4, 0.5) is 10.2 Å². The molecule has 3 aromatic heterocycles. The summed E-state index contributed by atoms with van der Waals surface area (Å²) in [6, 6.07) is 11.8. The van der Waals surface area contributed by atoms with Crippen molar-refractivity contribution < 1.29 is 13.9 Å². The highest BCUT2D eigenvalue weighted by Crippen LogP contribution is 2.32. The molecular formula is C30H30FN7O2. The van der Waals surface area contributed by atoms with Gasteiger partial charge in [-0.2, -0.15) is 0 Å². The maximum Gasteiger partial charge on any atom is 0.150 e. The number of rotatable bonds is 9. The number of fused-ring (bicyclic) bond motifs is 1. The fourth-order valence-corrected chi connectivity index (χ4v) is 4.92. The summed E-state index contributed by atoms with van der Waals surface area (Å²) >= 11 is 0. The van der Waals surface area contributed by atoms with Crippen LogP contribution in [-0.4, -0.2) is 48.9 Å². The second-order valence-corrected chi connectivity index (χ2v) is 9.88. The van der Waals surface area contributed by atoms with E-state index in [9.17, 15) is 4.39 Å². The van der Waals surface area contributed by atoms with Crippen molar-refractivity contribution >= 4 is 11.3 Å². The molecule has 5 aromatic rings. The highest BCUT2D eigenvalue weighted by Gasteiger charge is 2.18. The maximum atomic E-state index is 14.3. The lowest BCUT2D eigenvalue weighted by Gasteiger charge is -2.13. The Morgan fingerprint density at radius 2 is 1.70 bits per heavy atom. The van der Waals surface area contributed by atoms with Crippen LogP contribution in [0.15, 0.2) is 67.3 Å². The Kier molecular flexibility index (Phi) is 7.24. The minimum atomic E-state index is -0.460. The second-order valence-electron chi connectivity index (χ2n) is 9.88. The predicted octanol–water partition coefficient (Wildman–Crippen LogP) is 5.23. The number of anilines is 1. The lowest BCUT2D eigenvalue weighted by molar-refractivity contribution is 0.301. The van der Waals surface area contributed by atoms with Crippen molar-refractivity contribution in [1.29, 1.82) is 0 Å². The number of likely N-dealkylation sites (tertiary alicyclic amines) is 1. The molecule has 0 bridgehead atoms. The Balaban J connectivity index is 1.19. The Morgan fingerprint density at radius 1 is 0.950 bits per heavy atom. The summed E-state index contributed by atoms with van der Waals surface area (Å²) in [5.74, 6) is 2.83. The van der Waals surface area contributed by atoms with E-state index in [2.05, 4.69) is 19.9 Å². The van der Waals surface area contributed by atoms with Crippen molar-refractivity contribution in [3.8, 4) is 28.5 Å². The molecule has 1 aliphatic heterocycles. The van der Waals surface area contributed by atoms with E-state index in [4.69, 9.17) is 20.2 Å². The van der Waals surface area contributed by atoms with Crippen LogP contribution >= 0.6 is 0 Å². The molecule has 2 N–H and O–H groups in total. The molecule has 10 heteroatoms. The monoisotopic (exact) mass is 539 g/mol. The van der Waals surface area contributed by atoms with Gasteiger partial charge in [-0.1, -0.05) is 0 Å². The normalized spacial score (nSPS) is 13.7. The van der Waals surface area contributed by atoms with Gasteiger partial charge >= 0.3 is 0 Å². The van der Waals surface area contributed by atoms with Gasteiger partial charge in [-0.05, 0) is 57.1 Å². The van der Waals surface area contributed by atoms with Crippen molar-refractivity contribution in [2.24, 2.45) is 0 Å². The molecule has 0 saturated carbocycles. The molecular weight excluding hydrogens is 509 g/mol. The molecule has 204 valence electrons. The average molecular weight is 540 g/mol. The first-order chi connectivity index (χ1) is 19.5. The summed E-state index contributed by atoms with van der Waals surface area (Å²) < 4.78 is 28.1. The summed E-state index contributed by atoms with van der Waals surface area (Å²) in [5.41, 5.74) is 9.53. The first-order valence-electron chi connectivity index (χ1n) is 13.3. The quantitative estimate of drug-likeness (QED) is 0.272. The molecule has 6 rings (SSSR count). The van der Waals surface area contributed by atoms with E-state index in [1.807, 2.05) is 41.8 Å². The van der Waals surface area contributed by atoms with Gasteiger partial charge in [-0.3, -0.25) is 4.40 Å². The van der Waals surface area contributed by atoms with E-state index in [1.165, 1.54) is 25.0 Å². The lowest BCUT2D eigenvalue weighted by atomic mass is 10.1. The molecule has 0 amide bonds. The van der Waals surface area contributed by atoms with Crippen molar-refractivity contribution in [3.63, 3.8) is 0 Å². The molecule has 1 aliphatic rings. The van der Waals surface area contributed by atoms with Gasteiger partial charge in [0.15, 0.2) is 0 Å². The van der Waals surface area contributed by atoms with Crippen LogP contribution in [0.2, 0.25) is 0 Å². The number of ether oxygens (including phenoxy) is 2. The van der Waals surface area contributed by atoms with Gasteiger partial charge < -0.3 is 20.1 Å². The smallest absolute Gasteiger partial charge is 0.150 e. The molecule has 0 aliphatic carbocycles. The number of hydrogen-bond acceptors (Lipinski definition) is 8. The first-order valence-corrected chi connectivity index (χ1v) is 13.3. The van der Waals surface area contributed by atoms with Gasteiger partial charge in [-0.25, -0.2) is 24.3 Å². The van der Waals surface area contributed by atoms with E-state index < -0.39 is 5.82 Å². The van der Waals surface area contributed by atoms with E-state index >= 15 is 0 Å². The Hall–Kier alpha value is -4.57. The molecule has 2 aromatic carbocycles. The Morgan fingerprint density at radius 3 is 2.48 bits per heavy atom. The number of aryl methyl sites for hydroxylation is 1. The number of hydrogen-bond donors (Lipinski definition) is 1. The van der Waals surface area contributed by atoms with Gasteiger partial charge in [0, 0.05) is 67.1 Å². The van der Waals surface area contributed by atoms with Crippen LogP contribution < -0.4 is 15.2 Å². The van der Waals surface area contributed by atoms with Crippen LogP contribution in [-0.2, 0) is 13.0 Å². The highest BCUT2D eigenvalue weighted by atomic mass is 19.1. The summed E-state index contributed by atoms with van der Waals surface area (Å²) in [7, 11) is 0. The number of halogens is 1. The summed E-state index contributed by atoms with van der Waals surface area (Å²) in [4.78, 5) is 20.0. The minimum Gasteiger partial charge on any atom is -0.489 e. The van der Waals surface area contributed by atoms with Crippen molar-refractivity contribution in [1.82, 2.24) is 29.2 Å². The van der Waals surface area contributed by atoms with E-state index in [0.29, 0.717) is 28.9 Å². The third kappa shape index (κ3) is 5.72. The zero-order valence-corrected chi connectivity index (χ0v) is 22.3. The van der Waals surface area contributed by atoms with Crippen LogP contribution in [0.5, 0.6) is 17.2 Å². The summed E-state index contributed by atoms with van der Waals surface area (Å²) in [6.45, 7) is 5.27. The standard InChI is InChI=1S/C30H30FN7O2/c1-20-34-17-21(18-35-20)19-39-25-14-23(31)15-26(16-25)40-24-6-4-22(5-7-24)28-29-30(32)33-9-13-38(29)27(36-28)8-12-37-10-2-3-11-37/h4-7,9,13-18H,2-3,8,10-12,19H2,1H3,(H2,32,33). The largest absolute Gasteiger partial charge is 0.489 e. The molecule has 40 heavy (non-hydrogen) atoms. The number of nitrogens with zero attached hydrogens (tertiary/aromatic N) is 6. The molecule has 4 heterocycles. The van der Waals surface area contributed by atoms with E-state index in [0.717, 1.165) is 54.2 Å². The van der Waals surface area contributed by atoms with Crippen molar-refractivity contribution in [2.45, 2.75) is 32.8 Å². The van der Waals surface area contributed by atoms with E-state index in [-0.39, 0.29) is 6.61 Å².